The van der Waals surface area contributed by atoms with Gasteiger partial charge in [-0.15, -0.1) is 11.3 Å². The Labute approximate surface area is 123 Å². The summed E-state index contributed by atoms with van der Waals surface area (Å²) in [5.41, 5.74) is 1.89. The van der Waals surface area contributed by atoms with Gasteiger partial charge in [0.2, 0.25) is 0 Å². The Balaban J connectivity index is 1.86. The van der Waals surface area contributed by atoms with Crippen LogP contribution in [-0.4, -0.2) is 10.1 Å². The number of nitrogens with zero attached hydrogens (tertiary/aromatic N) is 1. The second-order valence-corrected chi connectivity index (χ2v) is 6.93. The molecule has 0 radical (unpaired) electrons. The number of fused-ring (bicyclic) bond motifs is 1. The molecule has 3 aromatic rings. The number of aromatic nitrogens is 1. The number of thiophene rings is 1. The van der Waals surface area contributed by atoms with E-state index in [1.807, 2.05) is 42.5 Å². The van der Waals surface area contributed by atoms with Crippen molar-refractivity contribution < 1.29 is 5.11 Å². The molecule has 96 valence electrons. The first kappa shape index (κ1) is 12.8. The van der Waals surface area contributed by atoms with Gasteiger partial charge in [0.25, 0.3) is 0 Å². The molecule has 0 saturated carbocycles. The zero-order chi connectivity index (χ0) is 13.2. The Bertz CT molecular complexity index is 710. The Morgan fingerprint density at radius 3 is 2.89 bits per heavy atom. The second-order valence-electron chi connectivity index (χ2n) is 4.38. The van der Waals surface area contributed by atoms with Crippen LogP contribution in [0.15, 0.2) is 52.4 Å². The first-order valence-electron chi connectivity index (χ1n) is 5.99. The quantitative estimate of drug-likeness (QED) is 0.773. The summed E-state index contributed by atoms with van der Waals surface area (Å²) < 4.78 is 1.09. The monoisotopic (exact) mass is 333 g/mol. The van der Waals surface area contributed by atoms with Gasteiger partial charge in [-0.3, -0.25) is 4.98 Å². The maximum absolute atomic E-state index is 10.3. The number of aliphatic hydroxyl groups is 1. The molecule has 0 amide bonds. The predicted octanol–water partition coefficient (Wildman–Crippen LogP) is 4.33. The molecule has 2 aromatic heterocycles. The Morgan fingerprint density at radius 1 is 1.21 bits per heavy atom. The van der Waals surface area contributed by atoms with Crippen molar-refractivity contribution in [3.05, 3.63) is 62.9 Å². The summed E-state index contributed by atoms with van der Waals surface area (Å²) in [6, 6.07) is 13.9. The topological polar surface area (TPSA) is 33.1 Å². The summed E-state index contributed by atoms with van der Waals surface area (Å²) in [6.45, 7) is 0. The highest BCUT2D eigenvalue weighted by molar-refractivity contribution is 9.11. The maximum Gasteiger partial charge on any atom is 0.0838 e. The van der Waals surface area contributed by atoms with Crippen molar-refractivity contribution in [2.45, 2.75) is 12.5 Å². The molecule has 1 N–H and O–H groups in total. The standard InChI is InChI=1S/C15H12BrNOS/c16-15-6-4-12(19-15)9-14(18)11-3-5-13-10(8-11)2-1-7-17-13/h1-8,14,18H,9H2. The van der Waals surface area contributed by atoms with Gasteiger partial charge >= 0.3 is 0 Å². The van der Waals surface area contributed by atoms with E-state index in [0.717, 1.165) is 20.3 Å². The van der Waals surface area contributed by atoms with Gasteiger partial charge in [0.15, 0.2) is 0 Å². The molecule has 2 nitrogen and oxygen atoms in total. The van der Waals surface area contributed by atoms with Gasteiger partial charge in [0.05, 0.1) is 15.4 Å². The highest BCUT2D eigenvalue weighted by Gasteiger charge is 2.10. The molecule has 1 atom stereocenters. The van der Waals surface area contributed by atoms with Crippen LogP contribution in [0.4, 0.5) is 0 Å². The molecule has 19 heavy (non-hydrogen) atoms. The molecule has 2 heterocycles. The van der Waals surface area contributed by atoms with Crippen LogP contribution in [0.3, 0.4) is 0 Å². The van der Waals surface area contributed by atoms with Crippen molar-refractivity contribution in [1.82, 2.24) is 4.98 Å². The van der Waals surface area contributed by atoms with Gasteiger partial charge < -0.3 is 5.11 Å². The molecule has 3 rings (SSSR count). The fourth-order valence-corrected chi connectivity index (χ4v) is 3.59. The Hall–Kier alpha value is -1.23. The van der Waals surface area contributed by atoms with Crippen LogP contribution in [0.5, 0.6) is 0 Å². The van der Waals surface area contributed by atoms with E-state index in [0.29, 0.717) is 6.42 Å². The Morgan fingerprint density at radius 2 is 2.11 bits per heavy atom. The van der Waals surface area contributed by atoms with Gasteiger partial charge in [-0.05, 0) is 51.8 Å². The molecule has 0 aliphatic heterocycles. The van der Waals surface area contributed by atoms with Crippen molar-refractivity contribution in [3.63, 3.8) is 0 Å². The predicted molar refractivity (Wildman–Crippen MR) is 82.4 cm³/mol. The number of aliphatic hydroxyl groups excluding tert-OH is 1. The third-order valence-electron chi connectivity index (χ3n) is 3.04. The third-order valence-corrected chi connectivity index (χ3v) is 4.68. The lowest BCUT2D eigenvalue weighted by atomic mass is 10.0. The lowest BCUT2D eigenvalue weighted by molar-refractivity contribution is 0.179. The lowest BCUT2D eigenvalue weighted by Crippen LogP contribution is -2.00. The summed E-state index contributed by atoms with van der Waals surface area (Å²) in [7, 11) is 0. The molecule has 0 spiro atoms. The second kappa shape index (κ2) is 5.41. The third kappa shape index (κ3) is 2.86. The minimum Gasteiger partial charge on any atom is -0.388 e. The van der Waals surface area contributed by atoms with Crippen molar-refractivity contribution >= 4 is 38.2 Å². The van der Waals surface area contributed by atoms with Crippen LogP contribution < -0.4 is 0 Å². The lowest BCUT2D eigenvalue weighted by Gasteiger charge is -2.10. The van der Waals surface area contributed by atoms with Crippen molar-refractivity contribution in [1.29, 1.82) is 0 Å². The molecule has 0 bridgehead atoms. The minimum absolute atomic E-state index is 0.477. The number of rotatable bonds is 3. The number of hydrogen-bond donors (Lipinski definition) is 1. The first-order chi connectivity index (χ1) is 9.22. The van der Waals surface area contributed by atoms with Gasteiger partial charge in [0.1, 0.15) is 0 Å². The zero-order valence-corrected chi connectivity index (χ0v) is 12.5. The summed E-state index contributed by atoms with van der Waals surface area (Å²) in [6.07, 6.45) is 1.94. The molecule has 1 unspecified atom stereocenters. The molecule has 0 fully saturated rings. The van der Waals surface area contributed by atoms with Crippen LogP contribution in [0, 0.1) is 0 Å². The smallest absolute Gasteiger partial charge is 0.0838 e. The van der Waals surface area contributed by atoms with Crippen LogP contribution in [-0.2, 0) is 6.42 Å². The minimum atomic E-state index is -0.477. The van der Waals surface area contributed by atoms with E-state index in [-0.39, 0.29) is 0 Å². The fraction of sp³-hybridized carbons (Fsp3) is 0.133. The maximum atomic E-state index is 10.3. The van der Waals surface area contributed by atoms with Crippen LogP contribution in [0.2, 0.25) is 0 Å². The van der Waals surface area contributed by atoms with E-state index in [9.17, 15) is 5.11 Å². The van der Waals surface area contributed by atoms with Gasteiger partial charge in [-0.1, -0.05) is 12.1 Å². The molecular weight excluding hydrogens is 322 g/mol. The van der Waals surface area contributed by atoms with Crippen molar-refractivity contribution in [2.24, 2.45) is 0 Å². The highest BCUT2D eigenvalue weighted by atomic mass is 79.9. The average Bonchev–Trinajstić information content (AvgIpc) is 2.83. The summed E-state index contributed by atoms with van der Waals surface area (Å²) in [5.74, 6) is 0. The molecule has 0 saturated heterocycles. The number of benzene rings is 1. The van der Waals surface area contributed by atoms with Crippen LogP contribution >= 0.6 is 27.3 Å². The summed E-state index contributed by atoms with van der Waals surface area (Å²) in [4.78, 5) is 5.46. The number of hydrogen-bond acceptors (Lipinski definition) is 3. The molecular formula is C15H12BrNOS. The van der Waals surface area contributed by atoms with E-state index in [2.05, 4.69) is 20.9 Å². The van der Waals surface area contributed by atoms with Gasteiger partial charge in [-0.2, -0.15) is 0 Å². The highest BCUT2D eigenvalue weighted by Crippen LogP contribution is 2.27. The number of pyridine rings is 1. The molecule has 4 heteroatoms. The van der Waals surface area contributed by atoms with E-state index in [1.165, 1.54) is 4.88 Å². The normalized spacial score (nSPS) is 12.7. The molecule has 0 aliphatic rings. The molecule has 1 aromatic carbocycles. The Kier molecular flexibility index (Phi) is 3.64. The van der Waals surface area contributed by atoms with Gasteiger partial charge in [-0.25, -0.2) is 0 Å². The van der Waals surface area contributed by atoms with E-state index in [4.69, 9.17) is 0 Å². The summed E-state index contributed by atoms with van der Waals surface area (Å²) >= 11 is 5.10. The zero-order valence-electron chi connectivity index (χ0n) is 10.1. The van der Waals surface area contributed by atoms with E-state index < -0.39 is 6.10 Å². The number of halogens is 1. The van der Waals surface area contributed by atoms with Crippen LogP contribution in [0.1, 0.15) is 16.5 Å². The van der Waals surface area contributed by atoms with Gasteiger partial charge in [0, 0.05) is 22.9 Å². The van der Waals surface area contributed by atoms with Crippen molar-refractivity contribution in [2.75, 3.05) is 0 Å². The van der Waals surface area contributed by atoms with Crippen LogP contribution in [0.25, 0.3) is 10.9 Å². The summed E-state index contributed by atoms with van der Waals surface area (Å²) in [5, 5.41) is 11.4. The SMILES string of the molecule is OC(Cc1ccc(Br)s1)c1ccc2ncccc2c1. The fourth-order valence-electron chi connectivity index (χ4n) is 2.07. The van der Waals surface area contributed by atoms with Crippen molar-refractivity contribution in [3.8, 4) is 0 Å². The average molecular weight is 334 g/mol. The van der Waals surface area contributed by atoms with E-state index >= 15 is 0 Å². The molecule has 0 aliphatic carbocycles. The van der Waals surface area contributed by atoms with E-state index in [1.54, 1.807) is 17.5 Å². The first-order valence-corrected chi connectivity index (χ1v) is 7.60. The largest absolute Gasteiger partial charge is 0.388 e.